The number of carbonyl (C=O) groups excluding carboxylic acids is 3. The van der Waals surface area contributed by atoms with E-state index in [9.17, 15) is 27.6 Å². The van der Waals surface area contributed by atoms with Crippen molar-refractivity contribution in [1.82, 2.24) is 15.2 Å². The second-order valence-corrected chi connectivity index (χ2v) is 5.95. The van der Waals surface area contributed by atoms with Crippen molar-refractivity contribution < 1.29 is 27.6 Å². The Morgan fingerprint density at radius 1 is 1.25 bits per heavy atom. The molecular formula is C14H19F3N4O3. The first-order chi connectivity index (χ1) is 11.1. The summed E-state index contributed by atoms with van der Waals surface area (Å²) in [4.78, 5) is 35.8. The van der Waals surface area contributed by atoms with Crippen molar-refractivity contribution in [3.05, 3.63) is 0 Å². The maximum Gasteiger partial charge on any atom is 0.408 e. The Labute approximate surface area is 136 Å². The lowest BCUT2D eigenvalue weighted by Gasteiger charge is -2.40. The fourth-order valence-corrected chi connectivity index (χ4v) is 2.93. The molecule has 1 saturated heterocycles. The zero-order valence-corrected chi connectivity index (χ0v) is 13.4. The molecular weight excluding hydrogens is 329 g/mol. The molecule has 2 rings (SSSR count). The van der Waals surface area contributed by atoms with Crippen molar-refractivity contribution in [2.45, 2.75) is 50.9 Å². The van der Waals surface area contributed by atoms with Crippen molar-refractivity contribution in [3.8, 4) is 0 Å². The molecule has 0 aliphatic carbocycles. The number of amides is 3. The summed E-state index contributed by atoms with van der Waals surface area (Å²) < 4.78 is 39.8. The van der Waals surface area contributed by atoms with E-state index in [4.69, 9.17) is 0 Å². The molecule has 7 nitrogen and oxygen atoms in total. The Bertz CT molecular complexity index is 576. The highest BCUT2D eigenvalue weighted by atomic mass is 19.4. The fourth-order valence-electron chi connectivity index (χ4n) is 2.93. The standard InChI is InChI=1S/C14H19F3N4O3/c1-8(22)18-9-3-5-11(14(15,16)17)21(7-9)13(24)10-4-6-12(23)20(2)19-10/h9,11H,3-7H2,1-2H3,(H,18,22). The predicted octanol–water partition coefficient (Wildman–Crippen LogP) is 0.653. The maximum absolute atomic E-state index is 13.3. The molecule has 0 saturated carbocycles. The summed E-state index contributed by atoms with van der Waals surface area (Å²) in [5.74, 6) is -1.50. The quantitative estimate of drug-likeness (QED) is 0.796. The van der Waals surface area contributed by atoms with Gasteiger partial charge < -0.3 is 10.2 Å². The van der Waals surface area contributed by atoms with Gasteiger partial charge in [0.25, 0.3) is 5.91 Å². The van der Waals surface area contributed by atoms with Crippen molar-refractivity contribution >= 4 is 23.4 Å². The van der Waals surface area contributed by atoms with Crippen LogP contribution < -0.4 is 5.32 Å². The number of nitrogens with zero attached hydrogens (tertiary/aromatic N) is 3. The van der Waals surface area contributed by atoms with Gasteiger partial charge in [-0.25, -0.2) is 5.01 Å². The van der Waals surface area contributed by atoms with Crippen molar-refractivity contribution in [1.29, 1.82) is 0 Å². The van der Waals surface area contributed by atoms with Crippen LogP contribution in [0.5, 0.6) is 0 Å². The van der Waals surface area contributed by atoms with Crippen LogP contribution in [0, 0.1) is 0 Å². The predicted molar refractivity (Wildman–Crippen MR) is 77.8 cm³/mol. The molecule has 0 aromatic carbocycles. The SMILES string of the molecule is CC(=O)NC1CCC(C(F)(F)F)N(C(=O)C2=NN(C)C(=O)CC2)C1. The number of hydrazone groups is 1. The van der Waals surface area contributed by atoms with Crippen molar-refractivity contribution in [2.24, 2.45) is 5.10 Å². The smallest absolute Gasteiger partial charge is 0.352 e. The van der Waals surface area contributed by atoms with E-state index < -0.39 is 24.2 Å². The molecule has 134 valence electrons. The van der Waals surface area contributed by atoms with E-state index in [0.29, 0.717) is 4.90 Å². The number of hydrogen-bond acceptors (Lipinski definition) is 4. The first-order valence-electron chi connectivity index (χ1n) is 7.58. The number of halogens is 3. The molecule has 2 unspecified atom stereocenters. The maximum atomic E-state index is 13.3. The molecule has 0 spiro atoms. The third-order valence-electron chi connectivity index (χ3n) is 4.08. The van der Waals surface area contributed by atoms with E-state index in [0.717, 1.165) is 5.01 Å². The molecule has 2 aliphatic rings. The summed E-state index contributed by atoms with van der Waals surface area (Å²) >= 11 is 0. The lowest BCUT2D eigenvalue weighted by molar-refractivity contribution is -0.194. The third kappa shape index (κ3) is 4.04. The second kappa shape index (κ2) is 6.78. The van der Waals surface area contributed by atoms with Gasteiger partial charge in [-0.3, -0.25) is 14.4 Å². The lowest BCUT2D eigenvalue weighted by atomic mass is 9.96. The molecule has 0 radical (unpaired) electrons. The van der Waals surface area contributed by atoms with Gasteiger partial charge in [0.05, 0.1) is 0 Å². The minimum Gasteiger partial charge on any atom is -0.352 e. The topological polar surface area (TPSA) is 82.1 Å². The van der Waals surface area contributed by atoms with Gasteiger partial charge in [-0.05, 0) is 12.8 Å². The number of piperidine rings is 1. The van der Waals surface area contributed by atoms with E-state index in [1.165, 1.54) is 14.0 Å². The fraction of sp³-hybridized carbons (Fsp3) is 0.714. The molecule has 24 heavy (non-hydrogen) atoms. The van der Waals surface area contributed by atoms with Gasteiger partial charge in [-0.2, -0.15) is 18.3 Å². The van der Waals surface area contributed by atoms with Gasteiger partial charge in [-0.1, -0.05) is 0 Å². The Hall–Kier alpha value is -2.13. The Morgan fingerprint density at radius 2 is 1.92 bits per heavy atom. The van der Waals surface area contributed by atoms with Crippen molar-refractivity contribution in [2.75, 3.05) is 13.6 Å². The van der Waals surface area contributed by atoms with Crippen LogP contribution in [-0.4, -0.2) is 65.2 Å². The minimum atomic E-state index is -4.56. The first kappa shape index (κ1) is 18.2. The monoisotopic (exact) mass is 348 g/mol. The molecule has 0 aromatic rings. The number of carbonyl (C=O) groups is 3. The van der Waals surface area contributed by atoms with Crippen LogP contribution in [-0.2, 0) is 14.4 Å². The number of alkyl halides is 3. The molecule has 2 atom stereocenters. The Morgan fingerprint density at radius 3 is 2.46 bits per heavy atom. The highest BCUT2D eigenvalue weighted by Crippen LogP contribution is 2.32. The normalized spacial score (nSPS) is 25.4. The third-order valence-corrected chi connectivity index (χ3v) is 4.08. The van der Waals surface area contributed by atoms with Crippen LogP contribution in [0.15, 0.2) is 5.10 Å². The summed E-state index contributed by atoms with van der Waals surface area (Å²) in [5, 5.41) is 7.31. The zero-order valence-electron chi connectivity index (χ0n) is 13.4. The summed E-state index contributed by atoms with van der Waals surface area (Å²) in [6, 6.07) is -2.45. The van der Waals surface area contributed by atoms with Gasteiger partial charge >= 0.3 is 6.18 Å². The van der Waals surface area contributed by atoms with E-state index in [1.54, 1.807) is 0 Å². The van der Waals surface area contributed by atoms with Gasteiger partial charge in [0, 0.05) is 39.4 Å². The summed E-state index contributed by atoms with van der Waals surface area (Å²) in [7, 11) is 1.35. The number of nitrogens with one attached hydrogen (secondary N) is 1. The van der Waals surface area contributed by atoms with Gasteiger partial charge in [0.1, 0.15) is 11.8 Å². The molecule has 0 aromatic heterocycles. The summed E-state index contributed by atoms with van der Waals surface area (Å²) in [6.07, 6.45) is -4.68. The van der Waals surface area contributed by atoms with Crippen LogP contribution in [0.25, 0.3) is 0 Å². The molecule has 0 bridgehead atoms. The van der Waals surface area contributed by atoms with Crippen LogP contribution in [0.1, 0.15) is 32.6 Å². The molecule has 2 aliphatic heterocycles. The summed E-state index contributed by atoms with van der Waals surface area (Å²) in [5.41, 5.74) is -0.0742. The van der Waals surface area contributed by atoms with Crippen molar-refractivity contribution in [3.63, 3.8) is 0 Å². The average Bonchev–Trinajstić information content (AvgIpc) is 2.47. The Kier molecular flexibility index (Phi) is 5.14. The molecule has 2 heterocycles. The molecule has 1 N–H and O–H groups in total. The second-order valence-electron chi connectivity index (χ2n) is 5.95. The molecule has 3 amide bonds. The average molecular weight is 348 g/mol. The van der Waals surface area contributed by atoms with Gasteiger partial charge in [0.2, 0.25) is 11.8 Å². The van der Waals surface area contributed by atoms with Crippen LogP contribution in [0.3, 0.4) is 0 Å². The molecule has 1 fully saturated rings. The summed E-state index contributed by atoms with van der Waals surface area (Å²) in [6.45, 7) is 1.03. The molecule has 10 heteroatoms. The van der Waals surface area contributed by atoms with E-state index in [1.807, 2.05) is 0 Å². The highest BCUT2D eigenvalue weighted by molar-refractivity contribution is 6.39. The Balaban J connectivity index is 2.23. The number of likely N-dealkylation sites (tertiary alicyclic amines) is 1. The van der Waals surface area contributed by atoms with Crippen LogP contribution in [0.4, 0.5) is 13.2 Å². The van der Waals surface area contributed by atoms with Gasteiger partial charge in [0.15, 0.2) is 0 Å². The van der Waals surface area contributed by atoms with E-state index in [-0.39, 0.29) is 49.8 Å². The largest absolute Gasteiger partial charge is 0.408 e. The zero-order chi connectivity index (χ0) is 18.1. The number of hydrogen-bond donors (Lipinski definition) is 1. The van der Waals surface area contributed by atoms with E-state index >= 15 is 0 Å². The number of rotatable bonds is 2. The first-order valence-corrected chi connectivity index (χ1v) is 7.58. The van der Waals surface area contributed by atoms with Crippen LogP contribution in [0.2, 0.25) is 0 Å². The van der Waals surface area contributed by atoms with Gasteiger partial charge in [-0.15, -0.1) is 0 Å². The lowest BCUT2D eigenvalue weighted by Crippen LogP contribution is -2.59. The highest BCUT2D eigenvalue weighted by Gasteiger charge is 2.49. The van der Waals surface area contributed by atoms with E-state index in [2.05, 4.69) is 10.4 Å². The minimum absolute atomic E-state index is 0.00782. The van der Waals surface area contributed by atoms with Crippen LogP contribution >= 0.6 is 0 Å².